The summed E-state index contributed by atoms with van der Waals surface area (Å²) in [6, 6.07) is 8.09. The molecule has 2 N–H and O–H groups in total. The molecular weight excluding hydrogens is 224 g/mol. The largest absolute Gasteiger partial charge is 0.368 e. The number of carbonyl (C=O) groups is 1. The summed E-state index contributed by atoms with van der Waals surface area (Å²) >= 11 is 0. The van der Waals surface area contributed by atoms with Crippen molar-refractivity contribution in [2.75, 3.05) is 6.54 Å². The van der Waals surface area contributed by atoms with Crippen LogP contribution in [-0.4, -0.2) is 23.4 Å². The number of fused-ring (bicyclic) bond motifs is 1. The Hall–Kier alpha value is -1.61. The van der Waals surface area contributed by atoms with Gasteiger partial charge in [0.1, 0.15) is 0 Å². The van der Waals surface area contributed by atoms with Gasteiger partial charge in [0.15, 0.2) is 0 Å². The van der Waals surface area contributed by atoms with E-state index in [1.54, 1.807) is 0 Å². The van der Waals surface area contributed by atoms with Crippen LogP contribution in [0, 0.1) is 0 Å². The first-order chi connectivity index (χ1) is 8.58. The van der Waals surface area contributed by atoms with E-state index in [1.807, 2.05) is 12.1 Å². The highest BCUT2D eigenvalue weighted by Crippen LogP contribution is 2.23. The molecule has 18 heavy (non-hydrogen) atoms. The van der Waals surface area contributed by atoms with Gasteiger partial charge in [-0.05, 0) is 31.4 Å². The van der Waals surface area contributed by atoms with Gasteiger partial charge in [0.05, 0.1) is 6.04 Å². The molecule has 0 fully saturated rings. The fourth-order valence-corrected chi connectivity index (χ4v) is 2.35. The fraction of sp³-hybridized carbons (Fsp3) is 0.400. The number of allylic oxidation sites excluding steroid dienone is 1. The zero-order valence-electron chi connectivity index (χ0n) is 11.0. The lowest BCUT2D eigenvalue weighted by molar-refractivity contribution is -0.123. The molecular formula is C15H20N2O. The summed E-state index contributed by atoms with van der Waals surface area (Å²) < 4.78 is 0. The number of primary amides is 1. The van der Waals surface area contributed by atoms with E-state index in [2.05, 4.69) is 37.0 Å². The van der Waals surface area contributed by atoms with Gasteiger partial charge < -0.3 is 5.73 Å². The van der Waals surface area contributed by atoms with Crippen molar-refractivity contribution in [3.8, 4) is 0 Å². The number of hydrogen-bond acceptors (Lipinski definition) is 2. The summed E-state index contributed by atoms with van der Waals surface area (Å²) in [5.41, 5.74) is 9.33. The van der Waals surface area contributed by atoms with Crippen molar-refractivity contribution < 1.29 is 4.79 Å². The topological polar surface area (TPSA) is 46.3 Å². The molecule has 1 aromatic rings. The molecule has 1 heterocycles. The Morgan fingerprint density at radius 3 is 2.67 bits per heavy atom. The first kappa shape index (κ1) is 12.8. The van der Waals surface area contributed by atoms with Crippen molar-refractivity contribution in [3.05, 3.63) is 47.0 Å². The fourth-order valence-electron chi connectivity index (χ4n) is 2.35. The summed E-state index contributed by atoms with van der Waals surface area (Å²) in [4.78, 5) is 13.7. The molecule has 2 rings (SSSR count). The van der Waals surface area contributed by atoms with E-state index in [1.165, 1.54) is 16.7 Å². The van der Waals surface area contributed by atoms with Crippen LogP contribution in [0.1, 0.15) is 25.0 Å². The Morgan fingerprint density at radius 2 is 2.06 bits per heavy atom. The molecule has 0 bridgehead atoms. The van der Waals surface area contributed by atoms with Gasteiger partial charge in [0.2, 0.25) is 5.91 Å². The van der Waals surface area contributed by atoms with Gasteiger partial charge in [-0.3, -0.25) is 9.69 Å². The van der Waals surface area contributed by atoms with E-state index in [0.717, 1.165) is 19.5 Å². The lowest BCUT2D eigenvalue weighted by Crippen LogP contribution is -2.48. The molecule has 1 aromatic carbocycles. The summed E-state index contributed by atoms with van der Waals surface area (Å²) in [6.45, 7) is 5.71. The Bertz CT molecular complexity index is 475. The van der Waals surface area contributed by atoms with Crippen LogP contribution in [0.25, 0.3) is 0 Å². The highest BCUT2D eigenvalue weighted by Gasteiger charge is 2.28. The molecule has 0 spiro atoms. The van der Waals surface area contributed by atoms with E-state index in [0.29, 0.717) is 0 Å². The average molecular weight is 244 g/mol. The maximum atomic E-state index is 11.6. The van der Waals surface area contributed by atoms with Gasteiger partial charge in [0, 0.05) is 13.1 Å². The van der Waals surface area contributed by atoms with Crippen LogP contribution in [0.15, 0.2) is 35.9 Å². The van der Waals surface area contributed by atoms with E-state index in [4.69, 9.17) is 5.73 Å². The predicted molar refractivity (Wildman–Crippen MR) is 73.0 cm³/mol. The highest BCUT2D eigenvalue weighted by molar-refractivity contribution is 5.80. The van der Waals surface area contributed by atoms with Crippen LogP contribution in [0.5, 0.6) is 0 Å². The van der Waals surface area contributed by atoms with Crippen LogP contribution < -0.4 is 5.73 Å². The molecule has 1 aliphatic heterocycles. The van der Waals surface area contributed by atoms with E-state index in [9.17, 15) is 4.79 Å². The second-order valence-electron chi connectivity index (χ2n) is 5.10. The lowest BCUT2D eigenvalue weighted by Gasteiger charge is -2.34. The van der Waals surface area contributed by atoms with Crippen LogP contribution in [0.4, 0.5) is 0 Å². The van der Waals surface area contributed by atoms with Gasteiger partial charge in [0.25, 0.3) is 0 Å². The molecule has 3 nitrogen and oxygen atoms in total. The molecule has 0 aliphatic carbocycles. The van der Waals surface area contributed by atoms with Crippen molar-refractivity contribution in [2.24, 2.45) is 5.73 Å². The van der Waals surface area contributed by atoms with E-state index < -0.39 is 0 Å². The minimum atomic E-state index is -0.230. The predicted octanol–water partition coefficient (Wildman–Crippen LogP) is 1.86. The molecule has 1 unspecified atom stereocenters. The molecule has 0 saturated carbocycles. The normalized spacial score (nSPS) is 19.1. The van der Waals surface area contributed by atoms with Crippen molar-refractivity contribution in [1.82, 2.24) is 4.90 Å². The van der Waals surface area contributed by atoms with Crippen LogP contribution in [-0.2, 0) is 17.8 Å². The van der Waals surface area contributed by atoms with Gasteiger partial charge in [-0.2, -0.15) is 0 Å². The summed E-state index contributed by atoms with van der Waals surface area (Å²) in [7, 11) is 0. The average Bonchev–Trinajstić information content (AvgIpc) is 2.35. The first-order valence-corrected chi connectivity index (χ1v) is 6.31. The Balaban J connectivity index is 2.23. The van der Waals surface area contributed by atoms with Crippen molar-refractivity contribution in [3.63, 3.8) is 0 Å². The van der Waals surface area contributed by atoms with Crippen LogP contribution in [0.3, 0.4) is 0 Å². The van der Waals surface area contributed by atoms with Crippen LogP contribution >= 0.6 is 0 Å². The number of benzene rings is 1. The molecule has 1 atom stereocenters. The summed E-state index contributed by atoms with van der Waals surface area (Å²) in [5.74, 6) is -0.230. The maximum absolute atomic E-state index is 11.6. The number of nitrogens with two attached hydrogens (primary N) is 1. The van der Waals surface area contributed by atoms with Gasteiger partial charge in [-0.1, -0.05) is 35.9 Å². The van der Waals surface area contributed by atoms with Crippen molar-refractivity contribution in [2.45, 2.75) is 32.9 Å². The molecule has 0 saturated heterocycles. The molecule has 1 aliphatic rings. The number of amides is 1. The minimum absolute atomic E-state index is 0.185. The Morgan fingerprint density at radius 1 is 1.39 bits per heavy atom. The monoisotopic (exact) mass is 244 g/mol. The molecule has 1 amide bonds. The smallest absolute Gasteiger partial charge is 0.235 e. The number of rotatable bonds is 3. The van der Waals surface area contributed by atoms with Gasteiger partial charge >= 0.3 is 0 Å². The second kappa shape index (κ2) is 5.36. The van der Waals surface area contributed by atoms with Crippen molar-refractivity contribution >= 4 is 5.91 Å². The van der Waals surface area contributed by atoms with Gasteiger partial charge in [-0.15, -0.1) is 0 Å². The quantitative estimate of drug-likeness (QED) is 0.825. The molecule has 96 valence electrons. The minimum Gasteiger partial charge on any atom is -0.368 e. The summed E-state index contributed by atoms with van der Waals surface area (Å²) in [6.07, 6.45) is 2.87. The number of hydrogen-bond donors (Lipinski definition) is 1. The highest BCUT2D eigenvalue weighted by atomic mass is 16.1. The zero-order valence-corrected chi connectivity index (χ0v) is 11.0. The number of nitrogens with zero attached hydrogens (tertiary/aromatic N) is 1. The van der Waals surface area contributed by atoms with E-state index in [-0.39, 0.29) is 11.9 Å². The maximum Gasteiger partial charge on any atom is 0.235 e. The van der Waals surface area contributed by atoms with Crippen molar-refractivity contribution in [1.29, 1.82) is 0 Å². The summed E-state index contributed by atoms with van der Waals surface area (Å²) in [5, 5.41) is 0. The number of carbonyl (C=O) groups excluding carboxylic acids is 1. The third-order valence-electron chi connectivity index (χ3n) is 3.41. The zero-order chi connectivity index (χ0) is 13.1. The molecule has 3 heteroatoms. The van der Waals surface area contributed by atoms with E-state index >= 15 is 0 Å². The molecule has 0 aromatic heterocycles. The standard InChI is InChI=1S/C15H20N2O/c1-11(2)7-8-17-10-13-6-4-3-5-12(13)9-14(17)15(16)18/h3-7,14H,8-10H2,1-2H3,(H2,16,18). The Kier molecular flexibility index (Phi) is 3.82. The lowest BCUT2D eigenvalue weighted by atomic mass is 9.93. The third kappa shape index (κ3) is 2.79. The van der Waals surface area contributed by atoms with Crippen LogP contribution in [0.2, 0.25) is 0 Å². The molecule has 0 radical (unpaired) electrons. The Labute approximate surface area is 108 Å². The first-order valence-electron chi connectivity index (χ1n) is 6.31. The second-order valence-corrected chi connectivity index (χ2v) is 5.10. The third-order valence-corrected chi connectivity index (χ3v) is 3.41. The SMILES string of the molecule is CC(C)=CCN1Cc2ccccc2CC1C(N)=O. The van der Waals surface area contributed by atoms with Gasteiger partial charge in [-0.25, -0.2) is 0 Å².